The lowest BCUT2D eigenvalue weighted by atomic mass is 10.0. The standard InChI is InChI=1S/C18H27N5O/c1-11(2)16-8-14(18(24)22-7-5-6-13(19)10-22)15-9-20-23(12(3)4)17(15)21-16/h8-9,11-13H,5-7,10,19H2,1-4H3/t13-/m0/s1. The second-order valence-electron chi connectivity index (χ2n) is 7.32. The van der Waals surface area contributed by atoms with Crippen LogP contribution in [0.2, 0.25) is 0 Å². The largest absolute Gasteiger partial charge is 0.337 e. The molecule has 3 heterocycles. The van der Waals surface area contributed by atoms with Gasteiger partial charge in [0.25, 0.3) is 5.91 Å². The summed E-state index contributed by atoms with van der Waals surface area (Å²) in [6, 6.07) is 2.20. The van der Waals surface area contributed by atoms with Gasteiger partial charge < -0.3 is 10.6 Å². The second-order valence-corrected chi connectivity index (χ2v) is 7.32. The topological polar surface area (TPSA) is 77.0 Å². The number of fused-ring (bicyclic) bond motifs is 1. The van der Waals surface area contributed by atoms with Crippen molar-refractivity contribution in [1.82, 2.24) is 19.7 Å². The van der Waals surface area contributed by atoms with E-state index >= 15 is 0 Å². The van der Waals surface area contributed by atoms with Crippen molar-refractivity contribution < 1.29 is 4.79 Å². The molecule has 2 aromatic rings. The molecule has 24 heavy (non-hydrogen) atoms. The SMILES string of the molecule is CC(C)c1cc(C(=O)N2CCC[C@H](N)C2)c2cnn(C(C)C)c2n1. The predicted molar refractivity (Wildman–Crippen MR) is 95.1 cm³/mol. The number of piperidine rings is 1. The molecule has 0 spiro atoms. The van der Waals surface area contributed by atoms with E-state index in [1.54, 1.807) is 6.20 Å². The predicted octanol–water partition coefficient (Wildman–Crippen LogP) is 2.70. The monoisotopic (exact) mass is 329 g/mol. The molecule has 1 aliphatic heterocycles. The minimum Gasteiger partial charge on any atom is -0.337 e. The molecule has 2 N–H and O–H groups in total. The van der Waals surface area contributed by atoms with Crippen LogP contribution in [0.25, 0.3) is 11.0 Å². The Morgan fingerprint density at radius 1 is 1.33 bits per heavy atom. The molecule has 130 valence electrons. The molecule has 0 radical (unpaired) electrons. The van der Waals surface area contributed by atoms with Crippen LogP contribution in [-0.4, -0.2) is 44.7 Å². The number of rotatable bonds is 3. The van der Waals surface area contributed by atoms with Gasteiger partial charge in [-0.3, -0.25) is 4.79 Å². The molecule has 1 atom stereocenters. The Balaban J connectivity index is 2.10. The fourth-order valence-electron chi connectivity index (χ4n) is 3.25. The van der Waals surface area contributed by atoms with Gasteiger partial charge in [-0.25, -0.2) is 9.67 Å². The van der Waals surface area contributed by atoms with Gasteiger partial charge in [0, 0.05) is 30.9 Å². The number of amides is 1. The first-order chi connectivity index (χ1) is 11.4. The minimum absolute atomic E-state index is 0.0442. The van der Waals surface area contributed by atoms with Crippen LogP contribution in [0.3, 0.4) is 0 Å². The van der Waals surface area contributed by atoms with Crippen LogP contribution < -0.4 is 5.73 Å². The summed E-state index contributed by atoms with van der Waals surface area (Å²) >= 11 is 0. The molecule has 6 heteroatoms. The third kappa shape index (κ3) is 3.02. The zero-order valence-electron chi connectivity index (χ0n) is 15.0. The molecule has 1 amide bonds. The molecule has 0 aliphatic carbocycles. The average molecular weight is 329 g/mol. The van der Waals surface area contributed by atoms with Crippen molar-refractivity contribution in [2.45, 2.75) is 58.5 Å². The quantitative estimate of drug-likeness (QED) is 0.939. The number of nitrogens with two attached hydrogens (primary N) is 1. The highest BCUT2D eigenvalue weighted by Crippen LogP contribution is 2.26. The van der Waals surface area contributed by atoms with Crippen molar-refractivity contribution in [2.75, 3.05) is 13.1 Å². The van der Waals surface area contributed by atoms with Crippen molar-refractivity contribution >= 4 is 16.9 Å². The van der Waals surface area contributed by atoms with Crippen LogP contribution in [0.15, 0.2) is 12.3 Å². The average Bonchev–Trinajstić information content (AvgIpc) is 2.97. The Morgan fingerprint density at radius 3 is 2.71 bits per heavy atom. The van der Waals surface area contributed by atoms with Gasteiger partial charge in [0.05, 0.1) is 17.1 Å². The van der Waals surface area contributed by atoms with Gasteiger partial charge in [0.1, 0.15) is 0 Å². The molecule has 1 saturated heterocycles. The smallest absolute Gasteiger partial charge is 0.254 e. The van der Waals surface area contributed by atoms with Gasteiger partial charge in [-0.2, -0.15) is 5.10 Å². The molecular formula is C18H27N5O. The number of likely N-dealkylation sites (tertiary alicyclic amines) is 1. The molecule has 1 aliphatic rings. The van der Waals surface area contributed by atoms with E-state index in [-0.39, 0.29) is 23.9 Å². The minimum atomic E-state index is 0.0442. The van der Waals surface area contributed by atoms with Gasteiger partial charge >= 0.3 is 0 Å². The molecule has 0 unspecified atom stereocenters. The molecule has 0 saturated carbocycles. The van der Waals surface area contributed by atoms with Crippen molar-refractivity contribution in [3.63, 3.8) is 0 Å². The first-order valence-electron chi connectivity index (χ1n) is 8.81. The van der Waals surface area contributed by atoms with Crippen LogP contribution in [0.1, 0.15) is 68.5 Å². The summed E-state index contributed by atoms with van der Waals surface area (Å²) in [6.07, 6.45) is 3.71. The summed E-state index contributed by atoms with van der Waals surface area (Å²) in [5, 5.41) is 5.29. The Kier molecular flexibility index (Phi) is 4.58. The van der Waals surface area contributed by atoms with Crippen LogP contribution >= 0.6 is 0 Å². The van der Waals surface area contributed by atoms with E-state index in [1.807, 2.05) is 15.6 Å². The third-order valence-corrected chi connectivity index (χ3v) is 4.64. The third-order valence-electron chi connectivity index (χ3n) is 4.64. The highest BCUT2D eigenvalue weighted by Gasteiger charge is 2.26. The summed E-state index contributed by atoms with van der Waals surface area (Å²) in [6.45, 7) is 9.72. The maximum Gasteiger partial charge on any atom is 0.254 e. The van der Waals surface area contributed by atoms with Gasteiger partial charge in [-0.05, 0) is 38.7 Å². The van der Waals surface area contributed by atoms with Crippen LogP contribution in [-0.2, 0) is 0 Å². The van der Waals surface area contributed by atoms with E-state index in [1.165, 1.54) is 0 Å². The number of carbonyl (C=O) groups excluding carboxylic acids is 1. The number of nitrogens with zero attached hydrogens (tertiary/aromatic N) is 4. The lowest BCUT2D eigenvalue weighted by Crippen LogP contribution is -2.45. The molecule has 0 aromatic carbocycles. The number of carbonyl (C=O) groups is 1. The first kappa shape index (κ1) is 16.9. The van der Waals surface area contributed by atoms with Crippen molar-refractivity contribution in [2.24, 2.45) is 5.73 Å². The maximum atomic E-state index is 13.1. The summed E-state index contributed by atoms with van der Waals surface area (Å²) in [5.41, 5.74) is 8.47. The lowest BCUT2D eigenvalue weighted by Gasteiger charge is -2.31. The second kappa shape index (κ2) is 6.51. The van der Waals surface area contributed by atoms with Crippen LogP contribution in [0.4, 0.5) is 0 Å². The molecule has 0 bridgehead atoms. The molecular weight excluding hydrogens is 302 g/mol. The Labute approximate surface area is 143 Å². The highest BCUT2D eigenvalue weighted by atomic mass is 16.2. The van der Waals surface area contributed by atoms with E-state index < -0.39 is 0 Å². The summed E-state index contributed by atoms with van der Waals surface area (Å²) in [5.74, 6) is 0.294. The number of hydrogen-bond acceptors (Lipinski definition) is 4. The first-order valence-corrected chi connectivity index (χ1v) is 8.81. The van der Waals surface area contributed by atoms with E-state index in [0.29, 0.717) is 12.1 Å². The fourth-order valence-corrected chi connectivity index (χ4v) is 3.25. The number of aromatic nitrogens is 3. The van der Waals surface area contributed by atoms with Gasteiger partial charge in [-0.1, -0.05) is 13.8 Å². The number of pyridine rings is 1. The Morgan fingerprint density at radius 2 is 2.08 bits per heavy atom. The van der Waals surface area contributed by atoms with E-state index in [2.05, 4.69) is 32.8 Å². The van der Waals surface area contributed by atoms with Crippen molar-refractivity contribution in [3.05, 3.63) is 23.5 Å². The Hall–Kier alpha value is -1.95. The number of hydrogen-bond donors (Lipinski definition) is 1. The van der Waals surface area contributed by atoms with Crippen molar-refractivity contribution in [3.8, 4) is 0 Å². The van der Waals surface area contributed by atoms with Gasteiger partial charge in [0.15, 0.2) is 5.65 Å². The molecule has 2 aromatic heterocycles. The summed E-state index contributed by atoms with van der Waals surface area (Å²) in [4.78, 5) is 19.8. The molecule has 6 nitrogen and oxygen atoms in total. The summed E-state index contributed by atoms with van der Waals surface area (Å²) in [7, 11) is 0. The molecule has 3 rings (SSSR count). The lowest BCUT2D eigenvalue weighted by molar-refractivity contribution is 0.0710. The van der Waals surface area contributed by atoms with Gasteiger partial charge in [0.2, 0.25) is 0 Å². The fraction of sp³-hybridized carbons (Fsp3) is 0.611. The zero-order valence-corrected chi connectivity index (χ0v) is 15.0. The van der Waals surface area contributed by atoms with E-state index in [4.69, 9.17) is 10.7 Å². The molecule has 1 fully saturated rings. The summed E-state index contributed by atoms with van der Waals surface area (Å²) < 4.78 is 1.89. The zero-order chi connectivity index (χ0) is 17.4. The maximum absolute atomic E-state index is 13.1. The van der Waals surface area contributed by atoms with Crippen LogP contribution in [0, 0.1) is 0 Å². The van der Waals surface area contributed by atoms with E-state index in [9.17, 15) is 4.79 Å². The normalized spacial score (nSPS) is 18.8. The van der Waals surface area contributed by atoms with Gasteiger partial charge in [-0.15, -0.1) is 0 Å². The van der Waals surface area contributed by atoms with Crippen LogP contribution in [0.5, 0.6) is 0 Å². The van der Waals surface area contributed by atoms with E-state index in [0.717, 1.165) is 36.1 Å². The highest BCUT2D eigenvalue weighted by molar-refractivity contribution is 6.05. The van der Waals surface area contributed by atoms with Crippen molar-refractivity contribution in [1.29, 1.82) is 0 Å². The Bertz CT molecular complexity index is 749.